The highest BCUT2D eigenvalue weighted by atomic mass is 79.9. The van der Waals surface area contributed by atoms with E-state index in [-0.39, 0.29) is 0 Å². The number of halogens is 6. The van der Waals surface area contributed by atoms with E-state index in [1.165, 1.54) is 0 Å². The van der Waals surface area contributed by atoms with Crippen molar-refractivity contribution in [1.82, 2.24) is 0 Å². The van der Waals surface area contributed by atoms with Gasteiger partial charge in [0.2, 0.25) is 0 Å². The Morgan fingerprint density at radius 2 is 1.36 bits per heavy atom. The lowest BCUT2D eigenvalue weighted by Crippen LogP contribution is -2.05. The van der Waals surface area contributed by atoms with Gasteiger partial charge in [-0.05, 0) is 17.7 Å². The average molecular weight is 297 g/mol. The van der Waals surface area contributed by atoms with Crippen LogP contribution in [0.1, 0.15) is 5.56 Å². The van der Waals surface area contributed by atoms with Crippen molar-refractivity contribution < 1.29 is 19.4 Å². The van der Waals surface area contributed by atoms with Gasteiger partial charge in [-0.3, -0.25) is 0 Å². The van der Waals surface area contributed by atoms with Gasteiger partial charge in [-0.1, -0.05) is 47.5 Å². The molecule has 0 aliphatic heterocycles. The molecule has 0 radical (unpaired) electrons. The number of alkyl halides is 1. The van der Waals surface area contributed by atoms with E-state index >= 15 is 0 Å². The molecule has 0 fully saturated rings. The zero-order valence-corrected chi connectivity index (χ0v) is 9.10. The van der Waals surface area contributed by atoms with Crippen molar-refractivity contribution in [2.75, 3.05) is 0 Å². The third kappa shape index (κ3) is 2.84. The maximum Gasteiger partial charge on any atom is 0.310 e. The predicted octanol–water partition coefficient (Wildman–Crippen LogP) is 5.24. The van der Waals surface area contributed by atoms with E-state index in [0.29, 0.717) is 23.0 Å². The van der Waals surface area contributed by atoms with Crippen molar-refractivity contribution in [3.05, 3.63) is 29.8 Å². The first-order valence-corrected chi connectivity index (χ1v) is 6.49. The Kier molecular flexibility index (Phi) is 2.21. The van der Waals surface area contributed by atoms with Gasteiger partial charge in [0.1, 0.15) is 4.90 Å². The van der Waals surface area contributed by atoms with Crippen LogP contribution in [-0.2, 0) is 5.33 Å². The van der Waals surface area contributed by atoms with Crippen LogP contribution in [0.2, 0.25) is 0 Å². The molecule has 0 bridgehead atoms. The van der Waals surface area contributed by atoms with E-state index in [1.54, 1.807) is 0 Å². The number of hydrogen-bond acceptors (Lipinski definition) is 0. The second-order valence-electron chi connectivity index (χ2n) is 2.75. The lowest BCUT2D eigenvalue weighted by molar-refractivity contribution is 0.364. The van der Waals surface area contributed by atoms with Crippen LogP contribution in [0.3, 0.4) is 0 Å². The molecule has 1 aromatic carbocycles. The fourth-order valence-corrected chi connectivity index (χ4v) is 1.86. The van der Waals surface area contributed by atoms with Crippen LogP contribution in [0.25, 0.3) is 0 Å². The van der Waals surface area contributed by atoms with Gasteiger partial charge in [-0.2, -0.15) is 0 Å². The van der Waals surface area contributed by atoms with Gasteiger partial charge >= 0.3 is 10.2 Å². The summed E-state index contributed by atoms with van der Waals surface area (Å²) in [5.41, 5.74) is 0.510. The van der Waals surface area contributed by atoms with Crippen LogP contribution in [0.15, 0.2) is 29.2 Å². The highest BCUT2D eigenvalue weighted by molar-refractivity contribution is 9.08. The fraction of sp³-hybridized carbons (Fsp3) is 0.143. The van der Waals surface area contributed by atoms with E-state index in [4.69, 9.17) is 0 Å². The van der Waals surface area contributed by atoms with Crippen LogP contribution < -0.4 is 0 Å². The third-order valence-electron chi connectivity index (χ3n) is 1.52. The van der Waals surface area contributed by atoms with Crippen LogP contribution in [0, 0.1) is 0 Å². The summed E-state index contributed by atoms with van der Waals surface area (Å²) in [4.78, 5) is -1.85. The van der Waals surface area contributed by atoms with Gasteiger partial charge in [0, 0.05) is 5.33 Å². The zero-order chi connectivity index (χ0) is 11.1. The smallest absolute Gasteiger partial charge is 0.0936 e. The molecule has 14 heavy (non-hydrogen) atoms. The quantitative estimate of drug-likeness (QED) is 0.517. The van der Waals surface area contributed by atoms with Gasteiger partial charge in [0.15, 0.2) is 0 Å². The Bertz CT molecular complexity index is 339. The van der Waals surface area contributed by atoms with Crippen molar-refractivity contribution in [2.45, 2.75) is 10.2 Å². The summed E-state index contributed by atoms with van der Waals surface area (Å²) in [6, 6.07) is 2.83. The minimum absolute atomic E-state index is 0.327. The van der Waals surface area contributed by atoms with E-state index in [1.807, 2.05) is 0 Å². The molecular formula is C7H6BrF5S. The first kappa shape index (κ1) is 11.8. The SMILES string of the molecule is FS(F)(F)(F)(F)c1ccc(CBr)cc1. The highest BCUT2D eigenvalue weighted by Gasteiger charge is 2.65. The summed E-state index contributed by atoms with van der Waals surface area (Å²) in [6.07, 6.45) is 0. The molecule has 0 saturated carbocycles. The first-order chi connectivity index (χ1) is 6.03. The molecule has 1 aromatic rings. The molecule has 0 aliphatic rings. The van der Waals surface area contributed by atoms with Crippen molar-refractivity contribution in [1.29, 1.82) is 0 Å². The molecule has 0 N–H and O–H groups in total. The molecule has 7 heteroatoms. The lowest BCUT2D eigenvalue weighted by atomic mass is 10.2. The summed E-state index contributed by atoms with van der Waals surface area (Å²) >= 11 is 3.00. The van der Waals surface area contributed by atoms with E-state index in [0.717, 1.165) is 12.1 Å². The van der Waals surface area contributed by atoms with Gasteiger partial charge < -0.3 is 0 Å². The Morgan fingerprint density at radius 1 is 0.929 bits per heavy atom. The largest absolute Gasteiger partial charge is 0.310 e. The molecule has 0 atom stereocenters. The minimum atomic E-state index is -9.48. The molecule has 0 amide bonds. The normalized spacial score (nSPS) is 17.3. The van der Waals surface area contributed by atoms with Crippen LogP contribution in [-0.4, -0.2) is 0 Å². The zero-order valence-electron chi connectivity index (χ0n) is 6.69. The maximum absolute atomic E-state index is 12.2. The molecule has 0 unspecified atom stereocenters. The standard InChI is InChI=1S/C7H6BrF5S/c8-5-6-1-3-7(4-2-6)14(9,10,11,12)13/h1-4H,5H2. The second kappa shape index (κ2) is 2.63. The summed E-state index contributed by atoms with van der Waals surface area (Å²) in [5.74, 6) is 0. The molecule has 0 aliphatic carbocycles. The van der Waals surface area contributed by atoms with E-state index < -0.39 is 15.1 Å². The summed E-state index contributed by atoms with van der Waals surface area (Å²) in [6.45, 7) is 0. The molecule has 0 aromatic heterocycles. The number of hydrogen-bond donors (Lipinski definition) is 0. The second-order valence-corrected chi connectivity index (χ2v) is 5.72. The van der Waals surface area contributed by atoms with Crippen molar-refractivity contribution in [3.8, 4) is 0 Å². The Labute approximate surface area is 86.0 Å². The summed E-state index contributed by atoms with van der Waals surface area (Å²) in [7, 11) is -9.48. The fourth-order valence-electron chi connectivity index (χ4n) is 0.836. The van der Waals surface area contributed by atoms with E-state index in [2.05, 4.69) is 15.9 Å². The first-order valence-electron chi connectivity index (χ1n) is 3.42. The minimum Gasteiger partial charge on any atom is -0.0936 e. The molecule has 0 spiro atoms. The van der Waals surface area contributed by atoms with Crippen LogP contribution in [0.4, 0.5) is 19.4 Å². The average Bonchev–Trinajstić information content (AvgIpc) is 2.01. The topological polar surface area (TPSA) is 0 Å². The Hall–Kier alpha value is -0.300. The van der Waals surface area contributed by atoms with Crippen molar-refractivity contribution in [3.63, 3.8) is 0 Å². The Balaban J connectivity index is 3.24. The summed E-state index contributed by atoms with van der Waals surface area (Å²) in [5, 5.41) is 0.327. The lowest BCUT2D eigenvalue weighted by Gasteiger charge is -2.40. The van der Waals surface area contributed by atoms with Gasteiger partial charge in [0.05, 0.1) is 0 Å². The maximum atomic E-state index is 12.2. The van der Waals surface area contributed by atoms with Gasteiger partial charge in [-0.15, -0.1) is 0 Å². The highest BCUT2D eigenvalue weighted by Crippen LogP contribution is 3.02. The van der Waals surface area contributed by atoms with Gasteiger partial charge in [0.25, 0.3) is 0 Å². The van der Waals surface area contributed by atoms with Crippen molar-refractivity contribution >= 4 is 26.2 Å². The monoisotopic (exact) mass is 296 g/mol. The third-order valence-corrected chi connectivity index (χ3v) is 3.33. The predicted molar refractivity (Wildman–Crippen MR) is 50.5 cm³/mol. The van der Waals surface area contributed by atoms with Crippen LogP contribution in [0.5, 0.6) is 0 Å². The Morgan fingerprint density at radius 3 is 1.64 bits per heavy atom. The molecular weight excluding hydrogens is 291 g/mol. The van der Waals surface area contributed by atoms with Gasteiger partial charge in [-0.25, -0.2) is 0 Å². The van der Waals surface area contributed by atoms with Crippen molar-refractivity contribution in [2.24, 2.45) is 0 Å². The number of rotatable bonds is 2. The number of benzene rings is 1. The molecule has 1 rings (SSSR count). The molecule has 82 valence electrons. The van der Waals surface area contributed by atoms with Crippen LogP contribution >= 0.6 is 26.2 Å². The molecule has 0 saturated heterocycles. The molecule has 0 heterocycles. The molecule has 0 nitrogen and oxygen atoms in total. The summed E-state index contributed by atoms with van der Waals surface area (Å²) < 4.78 is 60.9. The van der Waals surface area contributed by atoms with E-state index in [9.17, 15) is 19.4 Å².